The maximum atomic E-state index is 11.6. The molecule has 2 fully saturated rings. The highest BCUT2D eigenvalue weighted by Gasteiger charge is 2.48. The van der Waals surface area contributed by atoms with E-state index in [0.717, 1.165) is 11.1 Å². The number of methoxy groups -OCH3 is 1. The molecule has 0 bridgehead atoms. The van der Waals surface area contributed by atoms with E-state index in [-0.39, 0.29) is 6.09 Å². The molecule has 3 atom stereocenters. The summed E-state index contributed by atoms with van der Waals surface area (Å²) < 4.78 is 4.76. The van der Waals surface area contributed by atoms with Gasteiger partial charge in [-0.15, -0.1) is 0 Å². The van der Waals surface area contributed by atoms with E-state index >= 15 is 0 Å². The number of hydrogen-bond donors (Lipinski definition) is 1. The SMILES string of the molecule is COC(=O)N1C[C@@H]2CC(O)(C#Cc3cccc(C)c3)C[C@@H]2C1. The second kappa shape index (κ2) is 5.66. The molecule has 1 saturated carbocycles. The third kappa shape index (κ3) is 2.95. The van der Waals surface area contributed by atoms with Crippen LogP contribution in [0, 0.1) is 30.6 Å². The van der Waals surface area contributed by atoms with Crippen molar-refractivity contribution in [1.82, 2.24) is 4.90 Å². The summed E-state index contributed by atoms with van der Waals surface area (Å²) in [4.78, 5) is 13.3. The van der Waals surface area contributed by atoms with Crippen molar-refractivity contribution in [2.24, 2.45) is 11.8 Å². The van der Waals surface area contributed by atoms with Gasteiger partial charge in [0.15, 0.2) is 0 Å². The van der Waals surface area contributed by atoms with Crippen LogP contribution in [0.4, 0.5) is 4.79 Å². The quantitative estimate of drug-likeness (QED) is 0.747. The number of nitrogens with zero attached hydrogens (tertiary/aromatic N) is 1. The van der Waals surface area contributed by atoms with Gasteiger partial charge in [0.05, 0.1) is 7.11 Å². The number of carbonyl (C=O) groups is 1. The number of fused-ring (bicyclic) bond motifs is 1. The molecule has 1 heterocycles. The lowest BCUT2D eigenvalue weighted by Crippen LogP contribution is -2.32. The van der Waals surface area contributed by atoms with Crippen molar-refractivity contribution in [3.8, 4) is 11.8 Å². The van der Waals surface area contributed by atoms with Gasteiger partial charge in [0.1, 0.15) is 5.60 Å². The normalized spacial score (nSPS) is 29.7. The monoisotopic (exact) mass is 299 g/mol. The van der Waals surface area contributed by atoms with Gasteiger partial charge in [0, 0.05) is 18.7 Å². The molecule has 116 valence electrons. The van der Waals surface area contributed by atoms with Gasteiger partial charge >= 0.3 is 6.09 Å². The minimum Gasteiger partial charge on any atom is -0.453 e. The molecular formula is C18H21NO3. The Kier molecular flexibility index (Phi) is 3.84. The highest BCUT2D eigenvalue weighted by Crippen LogP contribution is 2.43. The predicted molar refractivity (Wildman–Crippen MR) is 83.2 cm³/mol. The number of rotatable bonds is 0. The summed E-state index contributed by atoms with van der Waals surface area (Å²) >= 11 is 0. The van der Waals surface area contributed by atoms with Gasteiger partial charge in [-0.25, -0.2) is 4.79 Å². The lowest BCUT2D eigenvalue weighted by Gasteiger charge is -2.20. The van der Waals surface area contributed by atoms with Gasteiger partial charge in [-0.05, 0) is 49.3 Å². The molecule has 1 N–H and O–H groups in total. The van der Waals surface area contributed by atoms with Gasteiger partial charge in [0.2, 0.25) is 0 Å². The van der Waals surface area contributed by atoms with Crippen LogP contribution in [0.1, 0.15) is 24.0 Å². The number of carbonyl (C=O) groups excluding carboxylic acids is 1. The number of benzene rings is 1. The number of hydrogen-bond acceptors (Lipinski definition) is 3. The molecule has 4 heteroatoms. The molecule has 1 aromatic rings. The second-order valence-electron chi connectivity index (χ2n) is 6.45. The molecule has 1 unspecified atom stereocenters. The summed E-state index contributed by atoms with van der Waals surface area (Å²) in [6.45, 7) is 3.35. The maximum Gasteiger partial charge on any atom is 0.409 e. The molecule has 0 spiro atoms. The van der Waals surface area contributed by atoms with Gasteiger partial charge in [-0.1, -0.05) is 24.0 Å². The van der Waals surface area contributed by atoms with Crippen molar-refractivity contribution < 1.29 is 14.6 Å². The molecule has 0 aromatic heterocycles. The summed E-state index contributed by atoms with van der Waals surface area (Å²) in [6.07, 6.45) is 0.984. The predicted octanol–water partition coefficient (Wildman–Crippen LogP) is 2.19. The molecule has 1 saturated heterocycles. The first kappa shape index (κ1) is 14.9. The van der Waals surface area contributed by atoms with E-state index < -0.39 is 5.60 Å². The topological polar surface area (TPSA) is 49.8 Å². The van der Waals surface area contributed by atoms with Crippen LogP contribution >= 0.6 is 0 Å². The van der Waals surface area contributed by atoms with Crippen molar-refractivity contribution in [2.75, 3.05) is 20.2 Å². The molecule has 1 aliphatic carbocycles. The van der Waals surface area contributed by atoms with Gasteiger partial charge in [0.25, 0.3) is 0 Å². The highest BCUT2D eigenvalue weighted by atomic mass is 16.5. The highest BCUT2D eigenvalue weighted by molar-refractivity contribution is 5.67. The van der Waals surface area contributed by atoms with Crippen molar-refractivity contribution >= 4 is 6.09 Å². The molecule has 22 heavy (non-hydrogen) atoms. The minimum atomic E-state index is -0.929. The largest absolute Gasteiger partial charge is 0.453 e. The Hall–Kier alpha value is -1.99. The van der Waals surface area contributed by atoms with E-state index in [2.05, 4.69) is 11.8 Å². The molecule has 3 rings (SSSR count). The Morgan fingerprint density at radius 1 is 1.36 bits per heavy atom. The summed E-state index contributed by atoms with van der Waals surface area (Å²) in [6, 6.07) is 7.98. The van der Waals surface area contributed by atoms with Crippen LogP contribution in [0.3, 0.4) is 0 Å². The fourth-order valence-corrected chi connectivity index (χ4v) is 3.64. The van der Waals surface area contributed by atoms with E-state index in [4.69, 9.17) is 4.74 Å². The van der Waals surface area contributed by atoms with Crippen LogP contribution < -0.4 is 0 Å². The summed E-state index contributed by atoms with van der Waals surface area (Å²) in [5, 5.41) is 10.7. The molecule has 4 nitrogen and oxygen atoms in total. The van der Waals surface area contributed by atoms with E-state index in [1.807, 2.05) is 31.2 Å². The first-order valence-electron chi connectivity index (χ1n) is 7.64. The lowest BCUT2D eigenvalue weighted by molar-refractivity contribution is 0.0886. The molecular weight excluding hydrogens is 278 g/mol. The first-order valence-corrected chi connectivity index (χ1v) is 7.64. The Balaban J connectivity index is 1.68. The van der Waals surface area contributed by atoms with Crippen LogP contribution in [0.2, 0.25) is 0 Å². The van der Waals surface area contributed by atoms with Crippen molar-refractivity contribution in [2.45, 2.75) is 25.4 Å². The summed E-state index contributed by atoms with van der Waals surface area (Å²) in [5.74, 6) is 6.79. The summed E-state index contributed by atoms with van der Waals surface area (Å²) in [5.41, 5.74) is 1.17. The van der Waals surface area contributed by atoms with Crippen molar-refractivity contribution in [1.29, 1.82) is 0 Å². The molecule has 2 aliphatic rings. The van der Waals surface area contributed by atoms with Crippen LogP contribution in [-0.4, -0.2) is 41.9 Å². The smallest absolute Gasteiger partial charge is 0.409 e. The van der Waals surface area contributed by atoms with Gasteiger partial charge < -0.3 is 14.7 Å². The Bertz CT molecular complexity index is 629. The number of likely N-dealkylation sites (tertiary alicyclic amines) is 1. The van der Waals surface area contributed by atoms with Crippen molar-refractivity contribution in [3.05, 3.63) is 35.4 Å². The van der Waals surface area contributed by atoms with Crippen LogP contribution in [-0.2, 0) is 4.74 Å². The van der Waals surface area contributed by atoms with Crippen molar-refractivity contribution in [3.63, 3.8) is 0 Å². The third-order valence-corrected chi connectivity index (χ3v) is 4.67. The van der Waals surface area contributed by atoms with E-state index in [1.165, 1.54) is 7.11 Å². The molecule has 1 aromatic carbocycles. The Morgan fingerprint density at radius 3 is 2.64 bits per heavy atom. The van der Waals surface area contributed by atoms with Crippen LogP contribution in [0.25, 0.3) is 0 Å². The average molecular weight is 299 g/mol. The molecule has 1 aliphatic heterocycles. The second-order valence-corrected chi connectivity index (χ2v) is 6.45. The third-order valence-electron chi connectivity index (χ3n) is 4.67. The molecule has 1 amide bonds. The zero-order valence-corrected chi connectivity index (χ0v) is 13.0. The van der Waals surface area contributed by atoms with Gasteiger partial charge in [-0.3, -0.25) is 0 Å². The van der Waals surface area contributed by atoms with Crippen LogP contribution in [0.5, 0.6) is 0 Å². The maximum absolute atomic E-state index is 11.6. The van der Waals surface area contributed by atoms with E-state index in [0.29, 0.717) is 37.8 Å². The zero-order chi connectivity index (χ0) is 15.7. The number of amides is 1. The Labute approximate surface area is 131 Å². The zero-order valence-electron chi connectivity index (χ0n) is 13.0. The minimum absolute atomic E-state index is 0.274. The standard InChI is InChI=1S/C18H21NO3/c1-13-4-3-5-14(8-13)6-7-18(21)9-15-11-19(17(20)22-2)12-16(15)10-18/h3-5,8,15-16,21H,9-12H2,1-2H3/t15-,16+,18?. The van der Waals surface area contributed by atoms with Gasteiger partial charge in [-0.2, -0.15) is 0 Å². The molecule has 0 radical (unpaired) electrons. The average Bonchev–Trinajstić information content (AvgIpc) is 3.00. The van der Waals surface area contributed by atoms with E-state index in [9.17, 15) is 9.90 Å². The first-order chi connectivity index (χ1) is 10.5. The van der Waals surface area contributed by atoms with E-state index in [1.54, 1.807) is 4.90 Å². The number of aryl methyl sites for hydroxylation is 1. The number of ether oxygens (including phenoxy) is 1. The summed E-state index contributed by atoms with van der Waals surface area (Å²) in [7, 11) is 1.40. The fraction of sp³-hybridized carbons (Fsp3) is 0.500. The van der Waals surface area contributed by atoms with Crippen LogP contribution in [0.15, 0.2) is 24.3 Å². The lowest BCUT2D eigenvalue weighted by atomic mass is 10.00. The number of aliphatic hydroxyl groups is 1. The fourth-order valence-electron chi connectivity index (χ4n) is 3.64. The Morgan fingerprint density at radius 2 is 2.05 bits per heavy atom.